The lowest BCUT2D eigenvalue weighted by Gasteiger charge is -2.24. The number of carbonyl (C=O) groups is 2. The Kier molecular flexibility index (Phi) is 7.27. The van der Waals surface area contributed by atoms with E-state index in [0.717, 1.165) is 11.3 Å². The van der Waals surface area contributed by atoms with Crippen molar-refractivity contribution in [3.8, 4) is 5.75 Å². The molecule has 0 spiro atoms. The van der Waals surface area contributed by atoms with Gasteiger partial charge in [0.05, 0.1) is 41.6 Å². The Bertz CT molecular complexity index is 1570. The average Bonchev–Trinajstić information content (AvgIpc) is 3.16. The monoisotopic (exact) mass is 527 g/mol. The number of rotatable bonds is 7. The largest absolute Gasteiger partial charge is 0.497 e. The van der Waals surface area contributed by atoms with Gasteiger partial charge in [0.25, 0.3) is 5.56 Å². The summed E-state index contributed by atoms with van der Waals surface area (Å²) in [5.41, 5.74) is 1.52. The third-order valence-corrected chi connectivity index (χ3v) is 6.79. The Morgan fingerprint density at radius 1 is 1.28 bits per heavy atom. The van der Waals surface area contributed by atoms with E-state index in [9.17, 15) is 14.4 Å². The maximum Gasteiger partial charge on any atom is 0.338 e. The number of carboxylic acids is 1. The molecule has 0 radical (unpaired) electrons. The summed E-state index contributed by atoms with van der Waals surface area (Å²) in [6.45, 7) is 3.60. The summed E-state index contributed by atoms with van der Waals surface area (Å²) >= 11 is 7.20. The normalized spacial score (nSPS) is 15.2. The van der Waals surface area contributed by atoms with Crippen molar-refractivity contribution in [2.75, 3.05) is 19.0 Å². The highest BCUT2D eigenvalue weighted by Gasteiger charge is 2.33. The van der Waals surface area contributed by atoms with Gasteiger partial charge in [-0.3, -0.25) is 9.36 Å². The van der Waals surface area contributed by atoms with Gasteiger partial charge in [-0.15, -0.1) is 0 Å². The summed E-state index contributed by atoms with van der Waals surface area (Å²) in [7, 11) is 1.54. The smallest absolute Gasteiger partial charge is 0.338 e. The van der Waals surface area contributed by atoms with E-state index in [1.807, 2.05) is 6.07 Å². The molecule has 0 saturated carbocycles. The van der Waals surface area contributed by atoms with Crippen LogP contribution in [-0.4, -0.2) is 35.3 Å². The molecular weight excluding hydrogens is 506 g/mol. The summed E-state index contributed by atoms with van der Waals surface area (Å²) in [6.07, 6.45) is 1.50. The Morgan fingerprint density at radius 2 is 2.06 bits per heavy atom. The van der Waals surface area contributed by atoms with Gasteiger partial charge >= 0.3 is 11.9 Å². The molecular formula is C25H22ClN3O6S. The molecule has 4 rings (SSSR count). The second kappa shape index (κ2) is 10.4. The van der Waals surface area contributed by atoms with Crippen LogP contribution in [0.4, 0.5) is 5.69 Å². The fourth-order valence-corrected chi connectivity index (χ4v) is 5.08. The number of ether oxygens (including phenoxy) is 2. The third-order valence-electron chi connectivity index (χ3n) is 5.50. The molecule has 0 aliphatic carbocycles. The van der Waals surface area contributed by atoms with E-state index in [-0.39, 0.29) is 28.3 Å². The van der Waals surface area contributed by atoms with Crippen molar-refractivity contribution >= 4 is 46.8 Å². The standard InChI is InChI=1S/C25H22ClN3O6S/c1-4-35-24(33)20-13(2)28-25-29(21(20)14-6-5-7-16(10-14)34-3)22(30)19(36-25)12-27-15-8-9-17(23(31)32)18(26)11-15/h5-12,21,27H,4H2,1-3H3,(H,31,32)/b19-12-/t21-/m0/s1. The number of aromatic nitrogens is 1. The SMILES string of the molecule is CCOC(=O)C1=C(C)N=c2s/c(=C\Nc3ccc(C(=O)O)c(Cl)c3)c(=O)n2[C@H]1c1cccc(OC)c1. The number of carboxylic acid groups (broad SMARTS) is 1. The molecule has 2 aromatic carbocycles. The van der Waals surface area contributed by atoms with Crippen LogP contribution in [0.1, 0.15) is 35.8 Å². The predicted molar refractivity (Wildman–Crippen MR) is 136 cm³/mol. The number of benzene rings is 2. The molecule has 1 atom stereocenters. The summed E-state index contributed by atoms with van der Waals surface area (Å²) in [5, 5.41) is 12.2. The number of aromatic carboxylic acids is 1. The van der Waals surface area contributed by atoms with Gasteiger partial charge < -0.3 is 19.9 Å². The van der Waals surface area contributed by atoms with Crippen molar-refractivity contribution in [3.63, 3.8) is 0 Å². The van der Waals surface area contributed by atoms with Gasteiger partial charge in [-0.25, -0.2) is 14.6 Å². The van der Waals surface area contributed by atoms with Gasteiger partial charge in [0.2, 0.25) is 0 Å². The van der Waals surface area contributed by atoms with Crippen molar-refractivity contribution in [2.45, 2.75) is 19.9 Å². The maximum atomic E-state index is 13.5. The van der Waals surface area contributed by atoms with Gasteiger partial charge in [0, 0.05) is 11.9 Å². The van der Waals surface area contributed by atoms with Gasteiger partial charge in [0.1, 0.15) is 10.3 Å². The van der Waals surface area contributed by atoms with Crippen molar-refractivity contribution in [3.05, 3.63) is 89.6 Å². The quantitative estimate of drug-likeness (QED) is 0.453. The van der Waals surface area contributed by atoms with Crippen molar-refractivity contribution < 1.29 is 24.2 Å². The topological polar surface area (TPSA) is 119 Å². The molecule has 1 aliphatic heterocycles. The summed E-state index contributed by atoms with van der Waals surface area (Å²) in [4.78, 5) is 42.6. The van der Waals surface area contributed by atoms with Crippen LogP contribution in [0.2, 0.25) is 5.02 Å². The summed E-state index contributed by atoms with van der Waals surface area (Å²) in [5.74, 6) is -1.10. The molecule has 2 N–H and O–H groups in total. The predicted octanol–water partition coefficient (Wildman–Crippen LogP) is 3.18. The second-order valence-electron chi connectivity index (χ2n) is 7.72. The van der Waals surface area contributed by atoms with E-state index < -0.39 is 18.0 Å². The van der Waals surface area contributed by atoms with Gasteiger partial charge in [0.15, 0.2) is 4.80 Å². The fourth-order valence-electron chi connectivity index (χ4n) is 3.85. The average molecular weight is 528 g/mol. The van der Waals surface area contributed by atoms with E-state index in [4.69, 9.17) is 26.2 Å². The number of methoxy groups -OCH3 is 1. The van der Waals surface area contributed by atoms with E-state index in [0.29, 0.717) is 32.0 Å². The summed E-state index contributed by atoms with van der Waals surface area (Å²) < 4.78 is 12.4. The molecule has 11 heteroatoms. The summed E-state index contributed by atoms with van der Waals surface area (Å²) in [6, 6.07) is 10.8. The van der Waals surface area contributed by atoms with Crippen LogP contribution in [0.5, 0.6) is 5.75 Å². The van der Waals surface area contributed by atoms with Gasteiger partial charge in [-0.1, -0.05) is 35.1 Å². The number of hydrogen-bond acceptors (Lipinski definition) is 8. The zero-order valence-corrected chi connectivity index (χ0v) is 21.1. The second-order valence-corrected chi connectivity index (χ2v) is 9.14. The number of halogens is 1. The van der Waals surface area contributed by atoms with E-state index >= 15 is 0 Å². The first-order valence-corrected chi connectivity index (χ1v) is 12.1. The minimum Gasteiger partial charge on any atom is -0.497 e. The number of esters is 1. The Hall–Kier alpha value is -3.89. The molecule has 2 heterocycles. The van der Waals surface area contributed by atoms with Crippen LogP contribution >= 0.6 is 22.9 Å². The van der Waals surface area contributed by atoms with E-state index in [2.05, 4.69) is 10.3 Å². The van der Waals surface area contributed by atoms with Crippen LogP contribution < -0.4 is 24.9 Å². The molecule has 0 bridgehead atoms. The molecule has 1 aliphatic rings. The van der Waals surface area contributed by atoms with Crippen LogP contribution in [0.25, 0.3) is 6.20 Å². The molecule has 0 unspecified atom stereocenters. The first kappa shape index (κ1) is 25.2. The molecule has 9 nitrogen and oxygen atoms in total. The highest BCUT2D eigenvalue weighted by molar-refractivity contribution is 7.07. The Balaban J connectivity index is 1.83. The number of hydrogen-bond donors (Lipinski definition) is 2. The minimum absolute atomic E-state index is 0.0261. The van der Waals surface area contributed by atoms with Crippen LogP contribution in [0, 0.1) is 0 Å². The van der Waals surface area contributed by atoms with Crippen molar-refractivity contribution in [1.29, 1.82) is 0 Å². The minimum atomic E-state index is -1.13. The molecule has 3 aromatic rings. The number of anilines is 1. The number of fused-ring (bicyclic) bond motifs is 1. The molecule has 0 saturated heterocycles. The fraction of sp³-hybridized carbons (Fsp3) is 0.200. The lowest BCUT2D eigenvalue weighted by atomic mass is 9.95. The zero-order valence-electron chi connectivity index (χ0n) is 19.6. The number of nitrogens with one attached hydrogen (secondary N) is 1. The number of thiazole rings is 1. The Morgan fingerprint density at radius 3 is 2.72 bits per heavy atom. The number of carbonyl (C=O) groups excluding carboxylic acids is 1. The molecule has 0 amide bonds. The van der Waals surface area contributed by atoms with Crippen molar-refractivity contribution in [2.24, 2.45) is 4.99 Å². The van der Waals surface area contributed by atoms with E-state index in [1.54, 1.807) is 45.2 Å². The molecule has 0 fully saturated rings. The highest BCUT2D eigenvalue weighted by Crippen LogP contribution is 2.32. The molecule has 1 aromatic heterocycles. The first-order chi connectivity index (χ1) is 17.2. The Labute approximate surface area is 214 Å². The zero-order chi connectivity index (χ0) is 26.0. The number of allylic oxidation sites excluding steroid dienone is 1. The van der Waals surface area contributed by atoms with E-state index in [1.165, 1.54) is 22.9 Å². The van der Waals surface area contributed by atoms with Crippen molar-refractivity contribution in [1.82, 2.24) is 4.57 Å². The first-order valence-electron chi connectivity index (χ1n) is 10.9. The van der Waals surface area contributed by atoms with Gasteiger partial charge in [-0.05, 0) is 49.7 Å². The maximum absolute atomic E-state index is 13.5. The lowest BCUT2D eigenvalue weighted by Crippen LogP contribution is -2.40. The molecule has 36 heavy (non-hydrogen) atoms. The highest BCUT2D eigenvalue weighted by atomic mass is 35.5. The van der Waals surface area contributed by atoms with Crippen LogP contribution in [0.3, 0.4) is 0 Å². The van der Waals surface area contributed by atoms with Crippen LogP contribution in [-0.2, 0) is 9.53 Å². The van der Waals surface area contributed by atoms with Crippen LogP contribution in [0.15, 0.2) is 63.5 Å². The molecule has 186 valence electrons. The third kappa shape index (κ3) is 4.77. The lowest BCUT2D eigenvalue weighted by molar-refractivity contribution is -0.139. The number of nitrogens with zero attached hydrogens (tertiary/aromatic N) is 2. The van der Waals surface area contributed by atoms with Gasteiger partial charge in [-0.2, -0.15) is 0 Å².